The molecule has 0 unspecified atom stereocenters. The Labute approximate surface area is 293 Å². The number of benzene rings is 3. The van der Waals surface area contributed by atoms with Crippen LogP contribution in [0.2, 0.25) is 5.02 Å². The Kier molecular flexibility index (Phi) is 16.3. The summed E-state index contributed by atoms with van der Waals surface area (Å²) in [6, 6.07) is 23.5. The average Bonchev–Trinajstić information content (AvgIpc) is 3.08. The van der Waals surface area contributed by atoms with Gasteiger partial charge in [-0.1, -0.05) is 84.8 Å². The molecule has 11 N–H and O–H groups in total. The topological polar surface area (TPSA) is 218 Å². The molecule has 0 spiro atoms. The fourth-order valence-corrected chi connectivity index (χ4v) is 5.58. The van der Waals surface area contributed by atoms with E-state index in [0.29, 0.717) is 50.2 Å². The third-order valence-corrected chi connectivity index (χ3v) is 8.44. The Balaban J connectivity index is 1.75. The number of ketones is 2. The molecule has 3 aromatic carbocycles. The van der Waals surface area contributed by atoms with Gasteiger partial charge < -0.3 is 34.0 Å². The number of nitrogens with two attached hydrogens (primary N) is 5. The fourth-order valence-electron chi connectivity index (χ4n) is 5.46. The summed E-state index contributed by atoms with van der Waals surface area (Å²) in [5.41, 5.74) is 32.0. The SMILES string of the molecule is NC(N)=NCCCCCC(=O)[C@H](Cc1ccc(-c2ccccc2)cc1)NC(=O)[C@H](CCCN=C(N)N)CC(=O)[C@@H](N)Cc1ccc(Cl)cc1. The van der Waals surface area contributed by atoms with Crippen molar-refractivity contribution in [3.63, 3.8) is 0 Å². The number of carbonyl (C=O) groups excluding carboxylic acids is 3. The lowest BCUT2D eigenvalue weighted by molar-refractivity contribution is -0.133. The van der Waals surface area contributed by atoms with E-state index in [2.05, 4.69) is 15.3 Å². The van der Waals surface area contributed by atoms with Crippen LogP contribution in [0.15, 0.2) is 88.8 Å². The molecule has 0 heterocycles. The Hall–Kier alpha value is -4.74. The van der Waals surface area contributed by atoms with Crippen LogP contribution in [-0.4, -0.2) is 54.6 Å². The third kappa shape index (κ3) is 14.5. The molecule has 49 heavy (non-hydrogen) atoms. The second kappa shape index (κ2) is 20.6. The van der Waals surface area contributed by atoms with Crippen LogP contribution in [0, 0.1) is 5.92 Å². The van der Waals surface area contributed by atoms with Gasteiger partial charge in [0.1, 0.15) is 0 Å². The van der Waals surface area contributed by atoms with Crippen molar-refractivity contribution in [2.24, 2.45) is 44.6 Å². The Bertz CT molecular complexity index is 1540. The van der Waals surface area contributed by atoms with Crippen molar-refractivity contribution in [2.45, 2.75) is 69.9 Å². The van der Waals surface area contributed by atoms with Gasteiger partial charge in [-0.3, -0.25) is 24.4 Å². The van der Waals surface area contributed by atoms with Crippen molar-refractivity contribution >= 4 is 41.0 Å². The molecule has 0 aliphatic carbocycles. The van der Waals surface area contributed by atoms with Gasteiger partial charge in [0, 0.05) is 36.9 Å². The van der Waals surface area contributed by atoms with Crippen LogP contribution in [0.1, 0.15) is 56.1 Å². The van der Waals surface area contributed by atoms with E-state index >= 15 is 0 Å². The van der Waals surface area contributed by atoms with Crippen molar-refractivity contribution in [1.82, 2.24) is 5.32 Å². The van der Waals surface area contributed by atoms with E-state index in [0.717, 1.165) is 35.1 Å². The summed E-state index contributed by atoms with van der Waals surface area (Å²) in [4.78, 5) is 48.8. The first-order chi connectivity index (χ1) is 23.5. The lowest BCUT2D eigenvalue weighted by Crippen LogP contribution is -2.46. The molecule has 12 heteroatoms. The number of hydrogen-bond acceptors (Lipinski definition) is 6. The molecule has 0 aliphatic rings. The van der Waals surface area contributed by atoms with Crippen molar-refractivity contribution < 1.29 is 14.4 Å². The Morgan fingerprint density at radius 2 is 1.24 bits per heavy atom. The van der Waals surface area contributed by atoms with Crippen LogP contribution in [0.3, 0.4) is 0 Å². The van der Waals surface area contributed by atoms with Crippen LogP contribution in [0.25, 0.3) is 11.1 Å². The standard InChI is InChI=1S/C37H49ClN8O3/c38-30-18-14-25(15-19-30)22-31(39)34(48)24-29(10-7-21-45-37(42)43)35(49)46-32(33(47)11-5-2-6-20-44-36(40)41)23-26-12-16-28(17-13-26)27-8-3-1-4-9-27/h1,3-4,8-9,12-19,29,31-32H,2,5-7,10-11,20-24,39H2,(H,46,49)(H4,40,41,44)(H4,42,43,45)/t29-,31+,32+/m1/s1. The molecule has 3 rings (SSSR count). The molecule has 262 valence electrons. The van der Waals surface area contributed by atoms with E-state index in [-0.39, 0.29) is 42.2 Å². The first-order valence-corrected chi connectivity index (χ1v) is 17.0. The first-order valence-electron chi connectivity index (χ1n) is 16.6. The van der Waals surface area contributed by atoms with Crippen molar-refractivity contribution in [3.8, 4) is 11.1 Å². The number of rotatable bonds is 21. The molecule has 0 saturated carbocycles. The van der Waals surface area contributed by atoms with E-state index in [4.69, 9.17) is 40.3 Å². The zero-order chi connectivity index (χ0) is 35.6. The number of unbranched alkanes of at least 4 members (excludes halogenated alkanes) is 2. The summed E-state index contributed by atoms with van der Waals surface area (Å²) in [7, 11) is 0. The van der Waals surface area contributed by atoms with Gasteiger partial charge >= 0.3 is 0 Å². The molecule has 0 bridgehead atoms. The summed E-state index contributed by atoms with van der Waals surface area (Å²) >= 11 is 6.00. The van der Waals surface area contributed by atoms with Gasteiger partial charge in [0.2, 0.25) is 5.91 Å². The smallest absolute Gasteiger partial charge is 0.224 e. The van der Waals surface area contributed by atoms with Crippen LogP contribution in [0.4, 0.5) is 0 Å². The van der Waals surface area contributed by atoms with Crippen LogP contribution in [-0.2, 0) is 27.2 Å². The van der Waals surface area contributed by atoms with Gasteiger partial charge in [-0.2, -0.15) is 0 Å². The van der Waals surface area contributed by atoms with E-state index in [1.807, 2.05) is 66.7 Å². The van der Waals surface area contributed by atoms with Gasteiger partial charge in [-0.15, -0.1) is 0 Å². The second-order valence-electron chi connectivity index (χ2n) is 12.2. The average molecular weight is 689 g/mol. The van der Waals surface area contributed by atoms with Crippen LogP contribution in [0.5, 0.6) is 0 Å². The quantitative estimate of drug-likeness (QED) is 0.0550. The van der Waals surface area contributed by atoms with Crippen molar-refractivity contribution in [3.05, 3.63) is 95.0 Å². The van der Waals surface area contributed by atoms with Crippen LogP contribution < -0.4 is 34.0 Å². The molecular weight excluding hydrogens is 640 g/mol. The van der Waals surface area contributed by atoms with Crippen LogP contribution >= 0.6 is 11.6 Å². The molecular formula is C37H49ClN8O3. The minimum atomic E-state index is -0.811. The number of aliphatic imine (C=N–C) groups is 2. The van der Waals surface area contributed by atoms with E-state index in [1.165, 1.54) is 0 Å². The lowest BCUT2D eigenvalue weighted by atomic mass is 9.90. The lowest BCUT2D eigenvalue weighted by Gasteiger charge is -2.23. The normalized spacial score (nSPS) is 12.7. The number of amides is 1. The monoisotopic (exact) mass is 688 g/mol. The van der Waals surface area contributed by atoms with Gasteiger partial charge in [0.25, 0.3) is 0 Å². The largest absolute Gasteiger partial charge is 0.370 e. The van der Waals surface area contributed by atoms with E-state index in [1.54, 1.807) is 12.1 Å². The molecule has 0 radical (unpaired) electrons. The highest BCUT2D eigenvalue weighted by Crippen LogP contribution is 2.21. The number of halogens is 1. The number of nitrogens with zero attached hydrogens (tertiary/aromatic N) is 2. The molecule has 0 aromatic heterocycles. The third-order valence-electron chi connectivity index (χ3n) is 8.19. The zero-order valence-corrected chi connectivity index (χ0v) is 28.7. The molecule has 0 saturated heterocycles. The van der Waals surface area contributed by atoms with E-state index < -0.39 is 18.0 Å². The maximum Gasteiger partial charge on any atom is 0.224 e. The summed E-state index contributed by atoms with van der Waals surface area (Å²) in [5.74, 6) is -1.47. The molecule has 0 fully saturated rings. The Morgan fingerprint density at radius 3 is 1.88 bits per heavy atom. The molecule has 3 atom stereocenters. The highest BCUT2D eigenvalue weighted by atomic mass is 35.5. The highest BCUT2D eigenvalue weighted by Gasteiger charge is 2.29. The summed E-state index contributed by atoms with van der Waals surface area (Å²) < 4.78 is 0. The highest BCUT2D eigenvalue weighted by molar-refractivity contribution is 6.30. The summed E-state index contributed by atoms with van der Waals surface area (Å²) in [6.45, 7) is 0.785. The number of carbonyl (C=O) groups is 3. The number of guanidine groups is 2. The van der Waals surface area contributed by atoms with Gasteiger partial charge in [0.15, 0.2) is 23.5 Å². The maximum atomic E-state index is 13.9. The van der Waals surface area contributed by atoms with Crippen molar-refractivity contribution in [2.75, 3.05) is 13.1 Å². The molecule has 1 amide bonds. The minimum absolute atomic E-state index is 0.0365. The maximum absolute atomic E-state index is 13.9. The molecule has 0 aliphatic heterocycles. The Morgan fingerprint density at radius 1 is 0.673 bits per heavy atom. The first kappa shape index (κ1) is 38.7. The summed E-state index contributed by atoms with van der Waals surface area (Å²) in [5, 5.41) is 3.58. The van der Waals surface area contributed by atoms with Gasteiger partial charge in [0.05, 0.1) is 12.1 Å². The summed E-state index contributed by atoms with van der Waals surface area (Å²) in [6.07, 6.45) is 3.71. The predicted octanol–water partition coefficient (Wildman–Crippen LogP) is 3.64. The number of Topliss-reactive ketones (excluding diaryl/α,β-unsaturated/α-hetero) is 2. The molecule has 3 aromatic rings. The molecule has 11 nitrogen and oxygen atoms in total. The number of nitrogens with one attached hydrogen (secondary N) is 1. The van der Waals surface area contributed by atoms with Crippen molar-refractivity contribution in [1.29, 1.82) is 0 Å². The van der Waals surface area contributed by atoms with E-state index in [9.17, 15) is 14.4 Å². The predicted molar refractivity (Wildman–Crippen MR) is 198 cm³/mol. The minimum Gasteiger partial charge on any atom is -0.370 e. The zero-order valence-electron chi connectivity index (χ0n) is 27.9. The van der Waals surface area contributed by atoms with Gasteiger partial charge in [-0.05, 0) is 72.9 Å². The van der Waals surface area contributed by atoms with Gasteiger partial charge in [-0.25, -0.2) is 0 Å². The second-order valence-corrected chi connectivity index (χ2v) is 12.6. The fraction of sp³-hybridized carbons (Fsp3) is 0.378. The number of hydrogen-bond donors (Lipinski definition) is 6.